The van der Waals surface area contributed by atoms with E-state index in [-0.39, 0.29) is 0 Å². The third-order valence-electron chi connectivity index (χ3n) is 3.39. The van der Waals surface area contributed by atoms with E-state index in [4.69, 9.17) is 4.42 Å². The quantitative estimate of drug-likeness (QED) is 0.820. The van der Waals surface area contributed by atoms with E-state index in [1.54, 1.807) is 0 Å². The lowest BCUT2D eigenvalue weighted by Crippen LogP contribution is -2.23. The van der Waals surface area contributed by atoms with Crippen molar-refractivity contribution in [3.8, 4) is 0 Å². The van der Waals surface area contributed by atoms with Crippen molar-refractivity contribution in [2.24, 2.45) is 0 Å². The molecule has 84 valence electrons. The van der Waals surface area contributed by atoms with Crippen LogP contribution < -0.4 is 5.32 Å². The van der Waals surface area contributed by atoms with Gasteiger partial charge in [-0.1, -0.05) is 6.92 Å². The molecule has 0 aliphatic carbocycles. The van der Waals surface area contributed by atoms with Gasteiger partial charge in [-0.15, -0.1) is 0 Å². The maximum absolute atomic E-state index is 5.72. The number of rotatable bonds is 4. The molecular weight excluding hydrogens is 186 g/mol. The first-order chi connectivity index (χ1) is 7.29. The SMILES string of the molecule is CCC(CC1CCCN1)c1ccc(C)o1. The Kier molecular flexibility index (Phi) is 3.47. The van der Waals surface area contributed by atoms with Crippen LogP contribution in [-0.2, 0) is 0 Å². The van der Waals surface area contributed by atoms with Gasteiger partial charge in [0.05, 0.1) is 0 Å². The Bertz CT molecular complexity index is 299. The number of aryl methyl sites for hydroxylation is 1. The van der Waals surface area contributed by atoms with Crippen molar-refractivity contribution >= 4 is 0 Å². The summed E-state index contributed by atoms with van der Waals surface area (Å²) >= 11 is 0. The molecule has 0 amide bonds. The van der Waals surface area contributed by atoms with Gasteiger partial charge in [-0.2, -0.15) is 0 Å². The molecule has 1 aromatic rings. The van der Waals surface area contributed by atoms with Crippen LogP contribution >= 0.6 is 0 Å². The van der Waals surface area contributed by atoms with Crippen LogP contribution in [0.1, 0.15) is 50.0 Å². The van der Waals surface area contributed by atoms with Crippen LogP contribution in [0.4, 0.5) is 0 Å². The van der Waals surface area contributed by atoms with Gasteiger partial charge in [-0.25, -0.2) is 0 Å². The molecule has 2 rings (SSSR count). The molecule has 2 heterocycles. The van der Waals surface area contributed by atoms with E-state index in [0.29, 0.717) is 12.0 Å². The molecule has 1 aliphatic rings. The number of hydrogen-bond acceptors (Lipinski definition) is 2. The number of hydrogen-bond donors (Lipinski definition) is 1. The molecule has 2 nitrogen and oxygen atoms in total. The van der Waals surface area contributed by atoms with Crippen molar-refractivity contribution in [1.29, 1.82) is 0 Å². The molecule has 1 fully saturated rings. The van der Waals surface area contributed by atoms with Gasteiger partial charge in [0.25, 0.3) is 0 Å². The minimum absolute atomic E-state index is 0.592. The standard InChI is InChI=1S/C13H21NO/c1-3-11(9-12-5-4-8-14-12)13-7-6-10(2)15-13/h6-7,11-12,14H,3-5,8-9H2,1-2H3. The smallest absolute Gasteiger partial charge is 0.107 e. The average molecular weight is 207 g/mol. The molecule has 0 saturated carbocycles. The lowest BCUT2D eigenvalue weighted by molar-refractivity contribution is 0.393. The molecule has 1 saturated heterocycles. The van der Waals surface area contributed by atoms with E-state index in [1.165, 1.54) is 38.0 Å². The zero-order valence-electron chi connectivity index (χ0n) is 9.75. The molecule has 1 aliphatic heterocycles. The minimum Gasteiger partial charge on any atom is -0.466 e. The molecule has 0 aromatic carbocycles. The Balaban J connectivity index is 1.97. The lowest BCUT2D eigenvalue weighted by atomic mass is 9.94. The molecule has 1 aromatic heterocycles. The molecule has 2 heteroatoms. The second-order valence-corrected chi connectivity index (χ2v) is 4.58. The number of nitrogens with one attached hydrogen (secondary N) is 1. The second-order valence-electron chi connectivity index (χ2n) is 4.58. The van der Waals surface area contributed by atoms with E-state index >= 15 is 0 Å². The predicted molar refractivity (Wildman–Crippen MR) is 62.1 cm³/mol. The zero-order chi connectivity index (χ0) is 10.7. The molecule has 15 heavy (non-hydrogen) atoms. The maximum Gasteiger partial charge on any atom is 0.107 e. The lowest BCUT2D eigenvalue weighted by Gasteiger charge is -2.17. The first-order valence-corrected chi connectivity index (χ1v) is 6.09. The van der Waals surface area contributed by atoms with Gasteiger partial charge in [0.2, 0.25) is 0 Å². The Morgan fingerprint density at radius 1 is 1.53 bits per heavy atom. The summed E-state index contributed by atoms with van der Waals surface area (Å²) in [4.78, 5) is 0. The van der Waals surface area contributed by atoms with E-state index in [0.717, 1.165) is 5.76 Å². The summed E-state index contributed by atoms with van der Waals surface area (Å²) < 4.78 is 5.72. The fourth-order valence-corrected chi connectivity index (χ4v) is 2.46. The van der Waals surface area contributed by atoms with Crippen molar-refractivity contribution in [2.45, 2.75) is 51.5 Å². The third-order valence-corrected chi connectivity index (χ3v) is 3.39. The van der Waals surface area contributed by atoms with Crippen molar-refractivity contribution in [2.75, 3.05) is 6.54 Å². The molecular formula is C13H21NO. The Morgan fingerprint density at radius 3 is 2.93 bits per heavy atom. The van der Waals surface area contributed by atoms with Gasteiger partial charge in [0.1, 0.15) is 11.5 Å². The van der Waals surface area contributed by atoms with E-state index < -0.39 is 0 Å². The second kappa shape index (κ2) is 4.84. The molecule has 1 N–H and O–H groups in total. The largest absolute Gasteiger partial charge is 0.466 e. The maximum atomic E-state index is 5.72. The van der Waals surface area contributed by atoms with Gasteiger partial charge >= 0.3 is 0 Å². The summed E-state index contributed by atoms with van der Waals surface area (Å²) in [7, 11) is 0. The highest BCUT2D eigenvalue weighted by atomic mass is 16.3. The highest BCUT2D eigenvalue weighted by molar-refractivity contribution is 5.10. The summed E-state index contributed by atoms with van der Waals surface area (Å²) in [5.74, 6) is 2.79. The highest BCUT2D eigenvalue weighted by Crippen LogP contribution is 2.28. The van der Waals surface area contributed by atoms with Gasteiger partial charge < -0.3 is 9.73 Å². The summed E-state index contributed by atoms with van der Waals surface area (Å²) in [6, 6.07) is 4.92. The average Bonchev–Trinajstić information content (AvgIpc) is 2.85. The number of furan rings is 1. The Hall–Kier alpha value is -0.760. The first-order valence-electron chi connectivity index (χ1n) is 6.09. The summed E-state index contributed by atoms with van der Waals surface area (Å²) in [5.41, 5.74) is 0. The topological polar surface area (TPSA) is 25.2 Å². The molecule has 0 bridgehead atoms. The van der Waals surface area contributed by atoms with E-state index in [9.17, 15) is 0 Å². The van der Waals surface area contributed by atoms with Gasteiger partial charge in [-0.05, 0) is 51.3 Å². The van der Waals surface area contributed by atoms with Crippen LogP contribution in [0.25, 0.3) is 0 Å². The van der Waals surface area contributed by atoms with Gasteiger partial charge in [0.15, 0.2) is 0 Å². The molecule has 2 unspecified atom stereocenters. The minimum atomic E-state index is 0.592. The monoisotopic (exact) mass is 207 g/mol. The fourth-order valence-electron chi connectivity index (χ4n) is 2.46. The summed E-state index contributed by atoms with van der Waals surface area (Å²) in [6.45, 7) is 5.46. The fraction of sp³-hybridized carbons (Fsp3) is 0.692. The molecule has 0 spiro atoms. The van der Waals surface area contributed by atoms with Crippen LogP contribution in [0.15, 0.2) is 16.5 Å². The predicted octanol–water partition coefficient (Wildman–Crippen LogP) is 3.22. The van der Waals surface area contributed by atoms with Crippen LogP contribution in [0.5, 0.6) is 0 Å². The van der Waals surface area contributed by atoms with Crippen molar-refractivity contribution < 1.29 is 4.42 Å². The van der Waals surface area contributed by atoms with E-state index in [1.807, 2.05) is 6.92 Å². The van der Waals surface area contributed by atoms with Crippen LogP contribution in [-0.4, -0.2) is 12.6 Å². The Labute approximate surface area is 92.1 Å². The first kappa shape index (κ1) is 10.7. The van der Waals surface area contributed by atoms with Crippen LogP contribution in [0, 0.1) is 6.92 Å². The molecule has 0 radical (unpaired) electrons. The molecule has 2 atom stereocenters. The van der Waals surface area contributed by atoms with Gasteiger partial charge in [-0.3, -0.25) is 0 Å². The zero-order valence-corrected chi connectivity index (χ0v) is 9.75. The van der Waals surface area contributed by atoms with E-state index in [2.05, 4.69) is 24.4 Å². The third kappa shape index (κ3) is 2.63. The van der Waals surface area contributed by atoms with Crippen molar-refractivity contribution in [3.63, 3.8) is 0 Å². The van der Waals surface area contributed by atoms with Crippen LogP contribution in [0.3, 0.4) is 0 Å². The van der Waals surface area contributed by atoms with Gasteiger partial charge in [0, 0.05) is 12.0 Å². The Morgan fingerprint density at radius 2 is 2.40 bits per heavy atom. The van der Waals surface area contributed by atoms with Crippen molar-refractivity contribution in [3.05, 3.63) is 23.7 Å². The normalized spacial score (nSPS) is 23.2. The van der Waals surface area contributed by atoms with Crippen molar-refractivity contribution in [1.82, 2.24) is 5.32 Å². The highest BCUT2D eigenvalue weighted by Gasteiger charge is 2.21. The summed E-state index contributed by atoms with van der Waals surface area (Å²) in [6.07, 6.45) is 5.06. The van der Waals surface area contributed by atoms with Crippen LogP contribution in [0.2, 0.25) is 0 Å². The summed E-state index contributed by atoms with van der Waals surface area (Å²) in [5, 5.41) is 3.56.